The highest BCUT2D eigenvalue weighted by molar-refractivity contribution is 7.55. The largest absolute Gasteiger partial charge is 0.362 e. The van der Waals surface area contributed by atoms with Crippen molar-refractivity contribution in [2.24, 2.45) is 0 Å². The van der Waals surface area contributed by atoms with Crippen molar-refractivity contribution in [3.05, 3.63) is 0 Å². The van der Waals surface area contributed by atoms with Gasteiger partial charge in [0.15, 0.2) is 5.34 Å². The molecule has 0 heterocycles. The quantitative estimate of drug-likeness (QED) is 0.656. The van der Waals surface area contributed by atoms with Crippen molar-refractivity contribution in [3.8, 4) is 0 Å². The van der Waals surface area contributed by atoms with Crippen molar-refractivity contribution in [1.29, 1.82) is 0 Å². The average Bonchev–Trinajstić information content (AvgIpc) is 2.26. The Bertz CT molecular complexity index is 279. The lowest BCUT2D eigenvalue weighted by Crippen LogP contribution is -2.31. The lowest BCUT2D eigenvalue weighted by molar-refractivity contribution is 0.0780. The van der Waals surface area contributed by atoms with Crippen LogP contribution in [-0.4, -0.2) is 23.4 Å². The molecule has 1 unspecified atom stereocenters. The van der Waals surface area contributed by atoms with Crippen molar-refractivity contribution in [2.75, 3.05) is 13.2 Å². The van der Waals surface area contributed by atoms with Gasteiger partial charge in [0, 0.05) is 0 Å². The van der Waals surface area contributed by atoms with Gasteiger partial charge >= 0.3 is 15.9 Å². The summed E-state index contributed by atoms with van der Waals surface area (Å²) >= 11 is 0. The number of rotatable bonds is 9. The molecule has 17 heavy (non-hydrogen) atoms. The zero-order valence-corrected chi connectivity index (χ0v) is 12.7. The molecule has 0 saturated heterocycles. The van der Waals surface area contributed by atoms with Gasteiger partial charge in [-0.05, 0) is 26.7 Å². The van der Waals surface area contributed by atoms with E-state index >= 15 is 0 Å². The minimum absolute atomic E-state index is 0.189. The molecule has 0 radical (unpaired) electrons. The van der Waals surface area contributed by atoms with Crippen LogP contribution in [0.1, 0.15) is 40.5 Å². The van der Waals surface area contributed by atoms with E-state index in [9.17, 15) is 9.13 Å². The van der Waals surface area contributed by atoms with E-state index in [2.05, 4.69) is 0 Å². The lowest BCUT2D eigenvalue weighted by Gasteiger charge is -2.36. The van der Waals surface area contributed by atoms with Gasteiger partial charge < -0.3 is 13.9 Å². The van der Waals surface area contributed by atoms with E-state index in [4.69, 9.17) is 18.5 Å². The molecule has 1 atom stereocenters. The summed E-state index contributed by atoms with van der Waals surface area (Å²) < 4.78 is 38.9. The van der Waals surface area contributed by atoms with Gasteiger partial charge in [-0.25, -0.2) is 0 Å². The predicted molar refractivity (Wildman–Crippen MR) is 66.5 cm³/mol. The van der Waals surface area contributed by atoms with E-state index in [1.165, 1.54) is 0 Å². The molecule has 0 aliphatic rings. The summed E-state index contributed by atoms with van der Waals surface area (Å²) in [5, 5.41) is -1.34. The minimum atomic E-state index is -3.57. The Balaban J connectivity index is 5.34. The van der Waals surface area contributed by atoms with E-state index in [1.54, 1.807) is 27.7 Å². The van der Waals surface area contributed by atoms with Crippen LogP contribution in [0.3, 0.4) is 0 Å². The van der Waals surface area contributed by atoms with Crippen molar-refractivity contribution in [1.82, 2.24) is 0 Å². The maximum Gasteiger partial charge on any atom is 0.362 e. The van der Waals surface area contributed by atoms with Gasteiger partial charge in [-0.1, -0.05) is 13.8 Å². The van der Waals surface area contributed by atoms with Gasteiger partial charge in [0.25, 0.3) is 0 Å². The maximum atomic E-state index is 12.6. The Morgan fingerprint density at radius 3 is 1.76 bits per heavy atom. The maximum absolute atomic E-state index is 12.6. The summed E-state index contributed by atoms with van der Waals surface area (Å²) in [4.78, 5) is 8.94. The smallest absolute Gasteiger partial charge is 0.326 e. The highest BCUT2D eigenvalue weighted by Gasteiger charge is 2.50. The van der Waals surface area contributed by atoms with Gasteiger partial charge in [-0.15, -0.1) is 0 Å². The van der Waals surface area contributed by atoms with Crippen molar-refractivity contribution >= 4 is 15.9 Å². The van der Waals surface area contributed by atoms with Crippen LogP contribution < -0.4 is 0 Å². The molecule has 0 amide bonds. The molecule has 0 saturated carbocycles. The first kappa shape index (κ1) is 17.3. The normalized spacial score (nSPS) is 14.9. The molecule has 0 aromatic rings. The van der Waals surface area contributed by atoms with Crippen LogP contribution in [0, 0.1) is 0 Å². The monoisotopic (exact) mass is 288 g/mol. The second kappa shape index (κ2) is 7.67. The first-order chi connectivity index (χ1) is 7.91. The molecular formula is C9H22O6P2. The van der Waals surface area contributed by atoms with E-state index in [1.807, 2.05) is 0 Å². The third kappa shape index (κ3) is 4.16. The molecule has 104 valence electrons. The van der Waals surface area contributed by atoms with Gasteiger partial charge in [-0.2, -0.15) is 0 Å². The van der Waals surface area contributed by atoms with Gasteiger partial charge in [0.05, 0.1) is 13.2 Å². The highest BCUT2D eigenvalue weighted by atomic mass is 31.2. The Morgan fingerprint density at radius 1 is 1.12 bits per heavy atom. The summed E-state index contributed by atoms with van der Waals surface area (Å²) in [5.41, 5.74) is 0. The van der Waals surface area contributed by atoms with Crippen LogP contribution >= 0.6 is 15.9 Å². The van der Waals surface area contributed by atoms with Crippen LogP contribution in [0.4, 0.5) is 0 Å². The Labute approximate surface area is 103 Å². The van der Waals surface area contributed by atoms with Crippen LogP contribution in [0.5, 0.6) is 0 Å². The molecule has 0 bridgehead atoms. The molecule has 0 spiro atoms. The Hall–Kier alpha value is 0.300. The third-order valence-electron chi connectivity index (χ3n) is 2.48. The summed E-state index contributed by atoms with van der Waals surface area (Å²) in [5.74, 6) is 0. The molecular weight excluding hydrogens is 266 g/mol. The number of hydrogen-bond acceptors (Lipinski definition) is 5. The molecule has 0 fully saturated rings. The standard InChI is InChI=1S/C9H22O6P2/c1-5-9(6-2,15-16(10)11)17(12,13-7-3)14-8-4/h16H,5-8H2,1-4H3,(H,10,11). The lowest BCUT2D eigenvalue weighted by atomic mass is 10.2. The summed E-state index contributed by atoms with van der Waals surface area (Å²) in [6.07, 6.45) is 0.551. The Morgan fingerprint density at radius 2 is 1.53 bits per heavy atom. The van der Waals surface area contributed by atoms with Crippen LogP contribution in [0.2, 0.25) is 0 Å². The molecule has 0 aliphatic carbocycles. The first-order valence-corrected chi connectivity index (χ1v) is 8.53. The zero-order valence-electron chi connectivity index (χ0n) is 10.8. The predicted octanol–water partition coefficient (Wildman–Crippen LogP) is 3.17. The fourth-order valence-electron chi connectivity index (χ4n) is 1.61. The van der Waals surface area contributed by atoms with E-state index in [0.29, 0.717) is 0 Å². The molecule has 0 aliphatic heterocycles. The molecule has 0 aromatic carbocycles. The molecule has 6 nitrogen and oxygen atoms in total. The highest BCUT2D eigenvalue weighted by Crippen LogP contribution is 2.65. The second-order valence-corrected chi connectivity index (χ2v) is 6.42. The van der Waals surface area contributed by atoms with E-state index in [-0.39, 0.29) is 26.1 Å². The zero-order chi connectivity index (χ0) is 13.5. The van der Waals surface area contributed by atoms with Crippen molar-refractivity contribution < 1.29 is 27.6 Å². The second-order valence-electron chi connectivity index (χ2n) is 3.35. The van der Waals surface area contributed by atoms with Crippen molar-refractivity contribution in [2.45, 2.75) is 45.9 Å². The molecule has 0 rings (SSSR count). The van der Waals surface area contributed by atoms with Gasteiger partial charge in [0.2, 0.25) is 0 Å². The van der Waals surface area contributed by atoms with Crippen LogP contribution in [0.15, 0.2) is 0 Å². The van der Waals surface area contributed by atoms with E-state index < -0.39 is 21.2 Å². The number of hydrogen-bond donors (Lipinski definition) is 1. The molecule has 8 heteroatoms. The Kier molecular flexibility index (Phi) is 7.81. The molecule has 1 N–H and O–H groups in total. The topological polar surface area (TPSA) is 82.1 Å². The van der Waals surface area contributed by atoms with E-state index in [0.717, 1.165) is 0 Å². The fourth-order valence-corrected chi connectivity index (χ4v) is 4.91. The first-order valence-electron chi connectivity index (χ1n) is 5.72. The summed E-state index contributed by atoms with van der Waals surface area (Å²) in [6.45, 7) is 7.19. The molecule has 0 aromatic heterocycles. The third-order valence-corrected chi connectivity index (χ3v) is 6.13. The van der Waals surface area contributed by atoms with Crippen LogP contribution in [0.25, 0.3) is 0 Å². The van der Waals surface area contributed by atoms with Crippen molar-refractivity contribution in [3.63, 3.8) is 0 Å². The summed E-state index contributed by atoms with van der Waals surface area (Å²) in [6, 6.07) is 0. The SMILES string of the molecule is CCOP(=O)(OCC)C(CC)(CC)O[PH](=O)O. The summed E-state index contributed by atoms with van der Waals surface area (Å²) in [7, 11) is -6.79. The minimum Gasteiger partial charge on any atom is -0.326 e. The van der Waals surface area contributed by atoms with Gasteiger partial charge in [-0.3, -0.25) is 13.7 Å². The fraction of sp³-hybridized carbons (Fsp3) is 1.00. The van der Waals surface area contributed by atoms with Gasteiger partial charge in [0.1, 0.15) is 0 Å². The average molecular weight is 288 g/mol. The van der Waals surface area contributed by atoms with Crippen LogP contribution in [-0.2, 0) is 22.7 Å².